The summed E-state index contributed by atoms with van der Waals surface area (Å²) in [6.45, 7) is 6.42. The molecule has 1 atom stereocenters. The lowest BCUT2D eigenvalue weighted by Gasteiger charge is -2.19. The maximum atomic E-state index is 11.7. The highest BCUT2D eigenvalue weighted by Crippen LogP contribution is 2.25. The molecule has 1 heterocycles. The lowest BCUT2D eigenvalue weighted by Crippen LogP contribution is -2.13. The number of nitrogens with two attached hydrogens (primary N) is 1. The van der Waals surface area contributed by atoms with Gasteiger partial charge >= 0.3 is 5.97 Å². The van der Waals surface area contributed by atoms with Gasteiger partial charge in [0.2, 0.25) is 0 Å². The highest BCUT2D eigenvalue weighted by Gasteiger charge is 2.20. The van der Waals surface area contributed by atoms with Gasteiger partial charge in [-0.3, -0.25) is 0 Å². The van der Waals surface area contributed by atoms with E-state index in [0.29, 0.717) is 18.5 Å². The third-order valence-electron chi connectivity index (χ3n) is 3.21. The molecule has 0 bridgehead atoms. The number of nitrogen functional groups attached to an aromatic ring is 1. The largest absolute Gasteiger partial charge is 0.461 e. The molecule has 108 valence electrons. The number of hydrogen-bond donors (Lipinski definition) is 1. The number of imidazole rings is 1. The van der Waals surface area contributed by atoms with Crippen molar-refractivity contribution < 1.29 is 9.53 Å². The van der Waals surface area contributed by atoms with Crippen LogP contribution in [0, 0.1) is 0 Å². The molecular weight excluding hydrogens is 242 g/mol. The predicted octanol–water partition coefficient (Wildman–Crippen LogP) is 3.17. The van der Waals surface area contributed by atoms with E-state index in [1.165, 1.54) is 0 Å². The third-order valence-corrected chi connectivity index (χ3v) is 3.21. The van der Waals surface area contributed by atoms with Crippen molar-refractivity contribution in [2.45, 2.75) is 58.9 Å². The van der Waals surface area contributed by atoms with E-state index in [-0.39, 0.29) is 5.69 Å². The molecule has 0 amide bonds. The van der Waals surface area contributed by atoms with E-state index < -0.39 is 5.97 Å². The molecule has 0 aliphatic rings. The van der Waals surface area contributed by atoms with Crippen molar-refractivity contribution in [1.82, 2.24) is 9.55 Å². The molecule has 1 aromatic rings. The smallest absolute Gasteiger partial charge is 0.360 e. The maximum absolute atomic E-state index is 11.7. The summed E-state index contributed by atoms with van der Waals surface area (Å²) in [7, 11) is 0. The molecule has 1 rings (SSSR count). The molecule has 0 aliphatic carbocycles. The van der Waals surface area contributed by atoms with Crippen LogP contribution in [0.15, 0.2) is 6.33 Å². The summed E-state index contributed by atoms with van der Waals surface area (Å²) < 4.78 is 6.87. The average molecular weight is 267 g/mol. The van der Waals surface area contributed by atoms with Gasteiger partial charge in [-0.25, -0.2) is 9.78 Å². The monoisotopic (exact) mass is 267 g/mol. The van der Waals surface area contributed by atoms with Crippen LogP contribution in [0.1, 0.15) is 69.4 Å². The molecule has 5 heteroatoms. The molecule has 0 aromatic carbocycles. The van der Waals surface area contributed by atoms with E-state index in [0.717, 1.165) is 32.1 Å². The van der Waals surface area contributed by atoms with Crippen LogP contribution in [0.5, 0.6) is 0 Å². The summed E-state index contributed by atoms with van der Waals surface area (Å²) in [5.74, 6) is -0.0162. The van der Waals surface area contributed by atoms with Crippen molar-refractivity contribution in [2.24, 2.45) is 0 Å². The quantitative estimate of drug-likeness (QED) is 0.734. The average Bonchev–Trinajstić information content (AvgIpc) is 2.77. The zero-order valence-electron chi connectivity index (χ0n) is 12.2. The minimum absolute atomic E-state index is 0.236. The SMILES string of the molecule is CCCCC(CCC)n1cnc(C(=O)OCC)c1N. The Morgan fingerprint density at radius 2 is 2.11 bits per heavy atom. The fraction of sp³-hybridized carbons (Fsp3) is 0.714. The Bertz CT molecular complexity index is 401. The number of carbonyl (C=O) groups excluding carboxylic acids is 1. The Morgan fingerprint density at radius 3 is 2.68 bits per heavy atom. The third kappa shape index (κ3) is 3.98. The van der Waals surface area contributed by atoms with Gasteiger partial charge in [0.05, 0.1) is 12.9 Å². The van der Waals surface area contributed by atoms with E-state index in [2.05, 4.69) is 18.8 Å². The zero-order chi connectivity index (χ0) is 14.3. The number of ether oxygens (including phenoxy) is 1. The first kappa shape index (κ1) is 15.5. The second-order valence-electron chi connectivity index (χ2n) is 4.69. The number of nitrogens with zero attached hydrogens (tertiary/aromatic N) is 2. The van der Waals surface area contributed by atoms with Gasteiger partial charge < -0.3 is 15.0 Å². The van der Waals surface area contributed by atoms with Crippen LogP contribution in [0.25, 0.3) is 0 Å². The number of anilines is 1. The summed E-state index contributed by atoms with van der Waals surface area (Å²) in [6.07, 6.45) is 7.16. The first-order valence-electron chi connectivity index (χ1n) is 7.15. The number of esters is 1. The van der Waals surface area contributed by atoms with Crippen LogP contribution in [-0.2, 0) is 4.74 Å². The van der Waals surface area contributed by atoms with Gasteiger partial charge in [-0.1, -0.05) is 33.1 Å². The minimum atomic E-state index is -0.440. The lowest BCUT2D eigenvalue weighted by molar-refractivity contribution is 0.0521. The lowest BCUT2D eigenvalue weighted by atomic mass is 10.1. The molecule has 0 aliphatic heterocycles. The van der Waals surface area contributed by atoms with E-state index in [1.807, 2.05) is 4.57 Å². The first-order chi connectivity index (χ1) is 9.15. The number of hydrogen-bond acceptors (Lipinski definition) is 4. The molecule has 2 N–H and O–H groups in total. The highest BCUT2D eigenvalue weighted by molar-refractivity contribution is 5.92. The second kappa shape index (κ2) is 7.81. The van der Waals surface area contributed by atoms with Crippen molar-refractivity contribution in [3.8, 4) is 0 Å². The van der Waals surface area contributed by atoms with Crippen LogP contribution in [0.2, 0.25) is 0 Å². The van der Waals surface area contributed by atoms with E-state index in [4.69, 9.17) is 10.5 Å². The van der Waals surface area contributed by atoms with Gasteiger partial charge in [0.15, 0.2) is 5.69 Å². The van der Waals surface area contributed by atoms with E-state index in [1.54, 1.807) is 13.3 Å². The predicted molar refractivity (Wildman–Crippen MR) is 76.1 cm³/mol. The summed E-state index contributed by atoms with van der Waals surface area (Å²) in [5, 5.41) is 0. The molecule has 1 unspecified atom stereocenters. The second-order valence-corrected chi connectivity index (χ2v) is 4.69. The fourth-order valence-electron chi connectivity index (χ4n) is 2.21. The van der Waals surface area contributed by atoms with Gasteiger partial charge in [-0.2, -0.15) is 0 Å². The van der Waals surface area contributed by atoms with Crippen molar-refractivity contribution in [3.63, 3.8) is 0 Å². The topological polar surface area (TPSA) is 70.1 Å². The minimum Gasteiger partial charge on any atom is -0.461 e. The highest BCUT2D eigenvalue weighted by atomic mass is 16.5. The Hall–Kier alpha value is -1.52. The molecular formula is C14H25N3O2. The summed E-state index contributed by atoms with van der Waals surface area (Å²) in [6, 6.07) is 0.320. The van der Waals surface area contributed by atoms with Gasteiger partial charge in [0.1, 0.15) is 5.82 Å². The Morgan fingerprint density at radius 1 is 1.37 bits per heavy atom. The number of carbonyl (C=O) groups is 1. The van der Waals surface area contributed by atoms with Gasteiger partial charge in [-0.05, 0) is 19.8 Å². The van der Waals surface area contributed by atoms with Gasteiger partial charge in [0, 0.05) is 6.04 Å². The van der Waals surface area contributed by atoms with Crippen LogP contribution in [0.4, 0.5) is 5.82 Å². The molecule has 0 radical (unpaired) electrons. The Balaban J connectivity index is 2.88. The van der Waals surface area contributed by atoms with Crippen molar-refractivity contribution in [1.29, 1.82) is 0 Å². The standard InChI is InChI=1S/C14H25N3O2/c1-4-7-9-11(8-5-2)17-10-16-12(13(17)15)14(18)19-6-3/h10-11H,4-9,15H2,1-3H3. The van der Waals surface area contributed by atoms with E-state index >= 15 is 0 Å². The number of unbranched alkanes of at least 4 members (excludes halogenated alkanes) is 1. The van der Waals surface area contributed by atoms with Gasteiger partial charge in [-0.15, -0.1) is 0 Å². The van der Waals surface area contributed by atoms with Gasteiger partial charge in [0.25, 0.3) is 0 Å². The Labute approximate surface area is 115 Å². The molecule has 0 saturated carbocycles. The normalized spacial score (nSPS) is 12.4. The van der Waals surface area contributed by atoms with Crippen molar-refractivity contribution >= 4 is 11.8 Å². The summed E-state index contributed by atoms with van der Waals surface area (Å²) in [5.41, 5.74) is 6.27. The number of aromatic nitrogens is 2. The summed E-state index contributed by atoms with van der Waals surface area (Å²) >= 11 is 0. The number of rotatable bonds is 8. The molecule has 0 saturated heterocycles. The first-order valence-corrected chi connectivity index (χ1v) is 7.15. The zero-order valence-corrected chi connectivity index (χ0v) is 12.2. The molecule has 0 spiro atoms. The fourth-order valence-corrected chi connectivity index (χ4v) is 2.21. The van der Waals surface area contributed by atoms with Crippen LogP contribution in [0.3, 0.4) is 0 Å². The molecule has 1 aromatic heterocycles. The maximum Gasteiger partial charge on any atom is 0.360 e. The van der Waals surface area contributed by atoms with E-state index in [9.17, 15) is 4.79 Å². The van der Waals surface area contributed by atoms with Crippen LogP contribution >= 0.6 is 0 Å². The van der Waals surface area contributed by atoms with Crippen LogP contribution in [-0.4, -0.2) is 22.1 Å². The van der Waals surface area contributed by atoms with Crippen molar-refractivity contribution in [3.05, 3.63) is 12.0 Å². The molecule has 19 heavy (non-hydrogen) atoms. The van der Waals surface area contributed by atoms with Crippen LogP contribution < -0.4 is 5.73 Å². The molecule has 0 fully saturated rings. The summed E-state index contributed by atoms with van der Waals surface area (Å²) in [4.78, 5) is 15.8. The van der Waals surface area contributed by atoms with Crippen molar-refractivity contribution in [2.75, 3.05) is 12.3 Å². The Kier molecular flexibility index (Phi) is 6.39. The molecule has 5 nitrogen and oxygen atoms in total.